The summed E-state index contributed by atoms with van der Waals surface area (Å²) in [6, 6.07) is 0. The van der Waals surface area contributed by atoms with Crippen molar-refractivity contribution in [3.05, 3.63) is 40.2 Å². The Balaban J connectivity index is 1.99. The first-order valence-corrected chi connectivity index (χ1v) is 8.83. The predicted molar refractivity (Wildman–Crippen MR) is 92.8 cm³/mol. The first kappa shape index (κ1) is 16.4. The molecule has 1 atom stereocenters. The Hall–Kier alpha value is -2.05. The standard InChI is InChI=1S/C18H19ClN2O4/c19-18(12(17(24)25)9-14(22)23)5-1-10-4-8-21-13-3-7-20-6-2-11(13)15(18)16(10)21/h1,9,20H,2-8H2,(H,22,23)(H,24,25)/b12-9+. The SMILES string of the molecule is O=C(O)/C=C(\C(=O)O)C1(Cl)CC=C2CCn3c4c(c1c32)CCNCC4. The lowest BCUT2D eigenvalue weighted by molar-refractivity contribution is -0.135. The molecule has 0 bridgehead atoms. The molecule has 6 nitrogen and oxygen atoms in total. The van der Waals surface area contributed by atoms with E-state index < -0.39 is 16.8 Å². The second kappa shape index (κ2) is 5.75. The lowest BCUT2D eigenvalue weighted by Crippen LogP contribution is -2.31. The maximum absolute atomic E-state index is 11.8. The number of alkyl halides is 1. The summed E-state index contributed by atoms with van der Waals surface area (Å²) in [5.74, 6) is -2.58. The van der Waals surface area contributed by atoms with Gasteiger partial charge in [0.2, 0.25) is 0 Å². The van der Waals surface area contributed by atoms with E-state index in [-0.39, 0.29) is 5.57 Å². The van der Waals surface area contributed by atoms with Crippen LogP contribution in [0, 0.1) is 0 Å². The molecule has 1 aromatic heterocycles. The Kier molecular flexibility index (Phi) is 3.77. The van der Waals surface area contributed by atoms with E-state index in [1.165, 1.54) is 11.3 Å². The number of nitrogens with one attached hydrogen (secondary N) is 1. The molecule has 0 fully saturated rings. The van der Waals surface area contributed by atoms with Crippen LogP contribution in [0.4, 0.5) is 0 Å². The summed E-state index contributed by atoms with van der Waals surface area (Å²) in [4.78, 5) is 21.7. The fourth-order valence-corrected chi connectivity index (χ4v) is 4.87. The summed E-state index contributed by atoms with van der Waals surface area (Å²) in [5.41, 5.74) is 5.08. The van der Waals surface area contributed by atoms with Gasteiger partial charge in [0.1, 0.15) is 4.87 Å². The van der Waals surface area contributed by atoms with Gasteiger partial charge in [0.05, 0.1) is 5.57 Å². The van der Waals surface area contributed by atoms with Crippen LogP contribution in [-0.2, 0) is 33.8 Å². The minimum atomic E-state index is -1.34. The topological polar surface area (TPSA) is 91.6 Å². The number of halogens is 1. The minimum absolute atomic E-state index is 0.266. The number of aliphatic carboxylic acids is 2. The molecule has 1 unspecified atom stereocenters. The molecule has 3 heterocycles. The van der Waals surface area contributed by atoms with Gasteiger partial charge in [-0.15, -0.1) is 11.6 Å². The van der Waals surface area contributed by atoms with Crippen molar-refractivity contribution in [1.29, 1.82) is 0 Å². The highest BCUT2D eigenvalue weighted by atomic mass is 35.5. The van der Waals surface area contributed by atoms with E-state index in [2.05, 4.69) is 9.88 Å². The van der Waals surface area contributed by atoms with Crippen molar-refractivity contribution in [3.63, 3.8) is 0 Å². The van der Waals surface area contributed by atoms with Gasteiger partial charge in [-0.1, -0.05) is 6.08 Å². The number of nitrogens with zero attached hydrogens (tertiary/aromatic N) is 1. The van der Waals surface area contributed by atoms with E-state index >= 15 is 0 Å². The Labute approximate surface area is 149 Å². The fourth-order valence-electron chi connectivity index (χ4n) is 4.46. The van der Waals surface area contributed by atoms with E-state index in [9.17, 15) is 14.7 Å². The van der Waals surface area contributed by atoms with Gasteiger partial charge >= 0.3 is 11.9 Å². The van der Waals surface area contributed by atoms with E-state index in [4.69, 9.17) is 16.7 Å². The molecule has 3 N–H and O–H groups in total. The third kappa shape index (κ3) is 2.35. The molecule has 7 heteroatoms. The molecule has 4 rings (SSSR count). The number of carbonyl (C=O) groups is 2. The third-order valence-corrected chi connectivity index (χ3v) is 5.98. The quantitative estimate of drug-likeness (QED) is 0.564. The number of allylic oxidation sites excluding steroid dienone is 2. The lowest BCUT2D eigenvalue weighted by atomic mass is 9.78. The molecule has 3 aliphatic rings. The van der Waals surface area contributed by atoms with Gasteiger partial charge < -0.3 is 20.1 Å². The Bertz CT molecular complexity index is 852. The van der Waals surface area contributed by atoms with Gasteiger partial charge in [-0.25, -0.2) is 9.59 Å². The molecule has 2 aliphatic heterocycles. The maximum Gasteiger partial charge on any atom is 0.334 e. The summed E-state index contributed by atoms with van der Waals surface area (Å²) < 4.78 is 2.26. The molecule has 1 aliphatic carbocycles. The Morgan fingerprint density at radius 1 is 1.24 bits per heavy atom. The summed E-state index contributed by atoms with van der Waals surface area (Å²) >= 11 is 6.92. The molecule has 0 saturated heterocycles. The zero-order valence-electron chi connectivity index (χ0n) is 13.6. The zero-order chi connectivity index (χ0) is 17.8. The minimum Gasteiger partial charge on any atom is -0.478 e. The van der Waals surface area contributed by atoms with Crippen LogP contribution >= 0.6 is 11.6 Å². The number of hydrogen-bond acceptors (Lipinski definition) is 3. The van der Waals surface area contributed by atoms with Crippen molar-refractivity contribution >= 4 is 29.1 Å². The Morgan fingerprint density at radius 3 is 2.72 bits per heavy atom. The van der Waals surface area contributed by atoms with Gasteiger partial charge in [0, 0.05) is 42.5 Å². The van der Waals surface area contributed by atoms with E-state index in [1.807, 2.05) is 6.08 Å². The van der Waals surface area contributed by atoms with Crippen LogP contribution in [0.1, 0.15) is 35.4 Å². The first-order chi connectivity index (χ1) is 11.9. The highest BCUT2D eigenvalue weighted by Gasteiger charge is 2.47. The number of hydrogen-bond donors (Lipinski definition) is 3. The average molecular weight is 363 g/mol. The highest BCUT2D eigenvalue weighted by molar-refractivity contribution is 6.30. The van der Waals surface area contributed by atoms with Crippen molar-refractivity contribution in [2.45, 2.75) is 37.1 Å². The largest absolute Gasteiger partial charge is 0.478 e. The maximum atomic E-state index is 11.8. The van der Waals surface area contributed by atoms with Crippen molar-refractivity contribution < 1.29 is 19.8 Å². The van der Waals surface area contributed by atoms with Gasteiger partial charge in [0.15, 0.2) is 0 Å². The molecule has 1 aromatic rings. The molecule has 0 amide bonds. The van der Waals surface area contributed by atoms with Crippen LogP contribution in [0.25, 0.3) is 5.57 Å². The van der Waals surface area contributed by atoms with Crippen LogP contribution < -0.4 is 5.32 Å². The van der Waals surface area contributed by atoms with Crippen molar-refractivity contribution in [1.82, 2.24) is 9.88 Å². The van der Waals surface area contributed by atoms with E-state index in [0.717, 1.165) is 61.8 Å². The van der Waals surface area contributed by atoms with Crippen molar-refractivity contribution in [2.24, 2.45) is 0 Å². The average Bonchev–Trinajstić information content (AvgIpc) is 3.01. The summed E-state index contributed by atoms with van der Waals surface area (Å²) in [7, 11) is 0. The van der Waals surface area contributed by atoms with Crippen LogP contribution in [0.3, 0.4) is 0 Å². The van der Waals surface area contributed by atoms with Crippen LogP contribution in [0.5, 0.6) is 0 Å². The molecule has 0 aromatic carbocycles. The molecule has 0 radical (unpaired) electrons. The Morgan fingerprint density at radius 2 is 2.00 bits per heavy atom. The van der Waals surface area contributed by atoms with Gasteiger partial charge in [0.25, 0.3) is 0 Å². The second-order valence-corrected chi connectivity index (χ2v) is 7.38. The second-order valence-electron chi connectivity index (χ2n) is 6.74. The predicted octanol–water partition coefficient (Wildman–Crippen LogP) is 1.90. The van der Waals surface area contributed by atoms with E-state index in [0.29, 0.717) is 6.42 Å². The number of carboxylic acids is 2. The molecule has 25 heavy (non-hydrogen) atoms. The number of carboxylic acid groups (broad SMARTS) is 2. The molecular weight excluding hydrogens is 344 g/mol. The van der Waals surface area contributed by atoms with Crippen molar-refractivity contribution in [3.8, 4) is 0 Å². The van der Waals surface area contributed by atoms with Crippen LogP contribution in [0.15, 0.2) is 17.7 Å². The third-order valence-electron chi connectivity index (χ3n) is 5.43. The zero-order valence-corrected chi connectivity index (χ0v) is 14.4. The summed E-state index contributed by atoms with van der Waals surface area (Å²) in [6.45, 7) is 2.56. The normalized spacial score (nSPS) is 25.0. The first-order valence-electron chi connectivity index (χ1n) is 8.45. The molecule has 132 valence electrons. The monoisotopic (exact) mass is 362 g/mol. The summed E-state index contributed by atoms with van der Waals surface area (Å²) in [6.07, 6.45) is 5.58. The lowest BCUT2D eigenvalue weighted by Gasteiger charge is -2.32. The number of fused-ring (bicyclic) bond motifs is 3. The van der Waals surface area contributed by atoms with Gasteiger partial charge in [-0.3, -0.25) is 0 Å². The van der Waals surface area contributed by atoms with Crippen LogP contribution in [-0.4, -0.2) is 39.8 Å². The highest BCUT2D eigenvalue weighted by Crippen LogP contribution is 2.53. The smallest absolute Gasteiger partial charge is 0.334 e. The van der Waals surface area contributed by atoms with Gasteiger partial charge in [-0.05, 0) is 36.9 Å². The summed E-state index contributed by atoms with van der Waals surface area (Å²) in [5, 5.41) is 22.2. The fraction of sp³-hybridized carbons (Fsp3) is 0.444. The number of rotatable bonds is 3. The van der Waals surface area contributed by atoms with Gasteiger partial charge in [-0.2, -0.15) is 0 Å². The van der Waals surface area contributed by atoms with Crippen LogP contribution in [0.2, 0.25) is 0 Å². The number of aromatic nitrogens is 1. The van der Waals surface area contributed by atoms with Crippen molar-refractivity contribution in [2.75, 3.05) is 13.1 Å². The molecular formula is C18H19ClN2O4. The van der Waals surface area contributed by atoms with E-state index in [1.54, 1.807) is 0 Å². The molecule has 0 spiro atoms. The molecule has 0 saturated carbocycles.